The van der Waals surface area contributed by atoms with Crippen LogP contribution in [0.25, 0.3) is 10.2 Å². The van der Waals surface area contributed by atoms with Crippen LogP contribution < -0.4 is 5.32 Å². The summed E-state index contributed by atoms with van der Waals surface area (Å²) in [6, 6.07) is 11.5. The van der Waals surface area contributed by atoms with Crippen molar-refractivity contribution in [3.63, 3.8) is 0 Å². The van der Waals surface area contributed by atoms with Gasteiger partial charge in [-0.15, -0.1) is 11.3 Å². The molecule has 0 spiro atoms. The lowest BCUT2D eigenvalue weighted by atomic mass is 10.2. The topological polar surface area (TPSA) is 81.2 Å². The van der Waals surface area contributed by atoms with Crippen molar-refractivity contribution in [1.82, 2.24) is 15.3 Å². The molecule has 0 aliphatic carbocycles. The number of esters is 1. The molecule has 0 radical (unpaired) electrons. The minimum absolute atomic E-state index is 0.0816. The molecule has 6 nitrogen and oxygen atoms in total. The van der Waals surface area contributed by atoms with Gasteiger partial charge in [-0.3, -0.25) is 9.59 Å². The molecule has 0 saturated carbocycles. The first-order valence-electron chi connectivity index (χ1n) is 7.95. The molecule has 8 heteroatoms. The molecular weight excluding hydrogens is 370 g/mol. The van der Waals surface area contributed by atoms with E-state index >= 15 is 0 Å². The van der Waals surface area contributed by atoms with Gasteiger partial charge < -0.3 is 10.1 Å². The molecule has 134 valence electrons. The smallest absolute Gasteiger partial charge is 0.317 e. The van der Waals surface area contributed by atoms with Crippen LogP contribution in [0.1, 0.15) is 12.5 Å². The average molecular weight is 387 g/mol. The third-order valence-electron chi connectivity index (χ3n) is 3.54. The summed E-state index contributed by atoms with van der Waals surface area (Å²) in [7, 11) is 0. The highest BCUT2D eigenvalue weighted by atomic mass is 32.2. The van der Waals surface area contributed by atoms with Gasteiger partial charge in [0.1, 0.15) is 16.2 Å². The molecule has 1 aromatic carbocycles. The molecule has 1 amide bonds. The van der Waals surface area contributed by atoms with Crippen LogP contribution in [-0.2, 0) is 20.9 Å². The number of carbonyl (C=O) groups excluding carboxylic acids is 2. The highest BCUT2D eigenvalue weighted by molar-refractivity contribution is 8.00. The first kappa shape index (κ1) is 18.3. The number of fused-ring (bicyclic) bond motifs is 1. The normalized spacial score (nSPS) is 11.9. The first-order chi connectivity index (χ1) is 12.6. The second-order valence-electron chi connectivity index (χ2n) is 5.44. The first-order valence-corrected chi connectivity index (χ1v) is 9.82. The molecule has 0 bridgehead atoms. The van der Waals surface area contributed by atoms with Crippen molar-refractivity contribution in [3.05, 3.63) is 53.7 Å². The molecule has 0 saturated heterocycles. The quantitative estimate of drug-likeness (QED) is 0.381. The van der Waals surface area contributed by atoms with Gasteiger partial charge in [0.2, 0.25) is 0 Å². The summed E-state index contributed by atoms with van der Waals surface area (Å²) in [6.07, 6.45) is 0.630. The minimum atomic E-state index is -0.849. The highest BCUT2D eigenvalue weighted by Gasteiger charge is 2.18. The standard InChI is InChI=1S/C18H17N3O3S2/c1-12(16(23)19-9-13-5-3-2-4-6-13)24-15(22)10-26-18-14-7-8-25-17(14)20-11-21-18/h2-8,11-12H,9-10H2,1H3,(H,19,23)/t12-/m1/s1. The molecule has 26 heavy (non-hydrogen) atoms. The molecule has 2 heterocycles. The van der Waals surface area contributed by atoms with E-state index in [2.05, 4.69) is 15.3 Å². The number of amides is 1. The zero-order valence-corrected chi connectivity index (χ0v) is 15.7. The number of thioether (sulfide) groups is 1. The van der Waals surface area contributed by atoms with Gasteiger partial charge >= 0.3 is 5.97 Å². The zero-order valence-electron chi connectivity index (χ0n) is 14.0. The molecular formula is C18H17N3O3S2. The van der Waals surface area contributed by atoms with Gasteiger partial charge in [0.15, 0.2) is 6.10 Å². The Morgan fingerprint density at radius 3 is 2.85 bits per heavy atom. The second-order valence-corrected chi connectivity index (χ2v) is 7.30. The van der Waals surface area contributed by atoms with Crippen molar-refractivity contribution in [3.8, 4) is 0 Å². The van der Waals surface area contributed by atoms with Crippen molar-refractivity contribution in [2.24, 2.45) is 0 Å². The van der Waals surface area contributed by atoms with E-state index in [0.717, 1.165) is 20.8 Å². The van der Waals surface area contributed by atoms with Gasteiger partial charge in [-0.1, -0.05) is 42.1 Å². The Kier molecular flexibility index (Phi) is 6.19. The zero-order chi connectivity index (χ0) is 18.4. The van der Waals surface area contributed by atoms with Crippen LogP contribution >= 0.6 is 23.1 Å². The van der Waals surface area contributed by atoms with E-state index < -0.39 is 12.1 Å². The van der Waals surface area contributed by atoms with E-state index in [4.69, 9.17) is 4.74 Å². The number of nitrogens with one attached hydrogen (secondary N) is 1. The molecule has 2 aromatic heterocycles. The lowest BCUT2D eigenvalue weighted by Gasteiger charge is -2.13. The fourth-order valence-electron chi connectivity index (χ4n) is 2.22. The number of rotatable bonds is 7. The van der Waals surface area contributed by atoms with E-state index in [0.29, 0.717) is 6.54 Å². The molecule has 3 aromatic rings. The monoisotopic (exact) mass is 387 g/mol. The van der Waals surface area contributed by atoms with E-state index in [-0.39, 0.29) is 11.7 Å². The van der Waals surface area contributed by atoms with Gasteiger partial charge in [-0.05, 0) is 23.9 Å². The Hall–Kier alpha value is -2.45. The van der Waals surface area contributed by atoms with Gasteiger partial charge in [0, 0.05) is 11.9 Å². The maximum Gasteiger partial charge on any atom is 0.317 e. The van der Waals surface area contributed by atoms with Crippen molar-refractivity contribution < 1.29 is 14.3 Å². The number of hydrogen-bond donors (Lipinski definition) is 1. The third kappa shape index (κ3) is 4.80. The van der Waals surface area contributed by atoms with Crippen molar-refractivity contribution >= 4 is 45.2 Å². The Morgan fingerprint density at radius 1 is 1.23 bits per heavy atom. The molecule has 1 N–H and O–H groups in total. The van der Waals surface area contributed by atoms with Crippen molar-refractivity contribution in [2.75, 3.05) is 5.75 Å². The number of nitrogens with zero attached hydrogens (tertiary/aromatic N) is 2. The molecule has 0 aliphatic rings. The number of hydrogen-bond acceptors (Lipinski definition) is 7. The van der Waals surface area contributed by atoms with Crippen LogP contribution in [0.4, 0.5) is 0 Å². The second kappa shape index (κ2) is 8.77. The number of aromatic nitrogens is 2. The summed E-state index contributed by atoms with van der Waals surface area (Å²) in [5.41, 5.74) is 0.985. The molecule has 3 rings (SSSR count). The molecule has 0 aliphatic heterocycles. The average Bonchev–Trinajstić information content (AvgIpc) is 3.14. The number of thiophene rings is 1. The Balaban J connectivity index is 1.46. The summed E-state index contributed by atoms with van der Waals surface area (Å²) in [5, 5.41) is 6.34. The lowest BCUT2D eigenvalue weighted by Crippen LogP contribution is -2.35. The number of ether oxygens (including phenoxy) is 1. The maximum atomic E-state index is 12.1. The number of benzene rings is 1. The van der Waals surface area contributed by atoms with Crippen LogP contribution in [0.2, 0.25) is 0 Å². The van der Waals surface area contributed by atoms with Crippen LogP contribution in [-0.4, -0.2) is 33.7 Å². The highest BCUT2D eigenvalue weighted by Crippen LogP contribution is 2.27. The summed E-state index contributed by atoms with van der Waals surface area (Å²) in [5.74, 6) is -0.702. The summed E-state index contributed by atoms with van der Waals surface area (Å²) in [6.45, 7) is 1.96. The van der Waals surface area contributed by atoms with Crippen LogP contribution in [0.3, 0.4) is 0 Å². The molecule has 0 fully saturated rings. The van der Waals surface area contributed by atoms with Crippen molar-refractivity contribution in [1.29, 1.82) is 0 Å². The predicted octanol–water partition coefficient (Wildman–Crippen LogP) is 3.03. The van der Waals surface area contributed by atoms with Crippen LogP contribution in [0.15, 0.2) is 53.1 Å². The van der Waals surface area contributed by atoms with E-state index in [1.807, 2.05) is 41.8 Å². The summed E-state index contributed by atoms with van der Waals surface area (Å²) < 4.78 is 5.20. The lowest BCUT2D eigenvalue weighted by molar-refractivity contribution is -0.152. The third-order valence-corrected chi connectivity index (χ3v) is 5.34. The Morgan fingerprint density at radius 2 is 2.04 bits per heavy atom. The van der Waals surface area contributed by atoms with E-state index in [9.17, 15) is 9.59 Å². The maximum absolute atomic E-state index is 12.1. The Labute approximate surface area is 159 Å². The molecule has 0 unspecified atom stereocenters. The number of carbonyl (C=O) groups is 2. The van der Waals surface area contributed by atoms with Gasteiger partial charge in [-0.25, -0.2) is 9.97 Å². The largest absolute Gasteiger partial charge is 0.452 e. The van der Waals surface area contributed by atoms with Crippen LogP contribution in [0, 0.1) is 0 Å². The van der Waals surface area contributed by atoms with Gasteiger partial charge in [0.25, 0.3) is 5.91 Å². The fourth-order valence-corrected chi connectivity index (χ4v) is 3.78. The van der Waals surface area contributed by atoms with Gasteiger partial charge in [-0.2, -0.15) is 0 Å². The minimum Gasteiger partial charge on any atom is -0.452 e. The summed E-state index contributed by atoms with van der Waals surface area (Å²) >= 11 is 2.80. The molecule has 1 atom stereocenters. The van der Waals surface area contributed by atoms with E-state index in [1.54, 1.807) is 6.92 Å². The SMILES string of the molecule is C[C@@H](OC(=O)CSc1ncnc2sccc12)C(=O)NCc1ccccc1. The van der Waals surface area contributed by atoms with Crippen LogP contribution in [0.5, 0.6) is 0 Å². The van der Waals surface area contributed by atoms with Gasteiger partial charge in [0.05, 0.1) is 5.75 Å². The van der Waals surface area contributed by atoms with Crippen molar-refractivity contribution in [2.45, 2.75) is 24.6 Å². The summed E-state index contributed by atoms with van der Waals surface area (Å²) in [4.78, 5) is 33.3. The van der Waals surface area contributed by atoms with E-state index in [1.165, 1.54) is 29.4 Å². The fraction of sp³-hybridized carbons (Fsp3) is 0.222. The Bertz CT molecular complexity index is 899. The predicted molar refractivity (Wildman–Crippen MR) is 102 cm³/mol.